The van der Waals surface area contributed by atoms with Gasteiger partial charge in [-0.1, -0.05) is 6.42 Å². The van der Waals surface area contributed by atoms with Gasteiger partial charge in [-0.2, -0.15) is 11.8 Å². The second kappa shape index (κ2) is 4.89. The van der Waals surface area contributed by atoms with E-state index in [4.69, 9.17) is 0 Å². The lowest BCUT2D eigenvalue weighted by Gasteiger charge is -2.38. The van der Waals surface area contributed by atoms with Gasteiger partial charge in [0.1, 0.15) is 0 Å². The molecule has 0 aromatic rings. The maximum absolute atomic E-state index is 3.74. The molecule has 2 rings (SSSR count). The van der Waals surface area contributed by atoms with Crippen molar-refractivity contribution in [2.45, 2.75) is 51.0 Å². The number of nitrogens with one attached hydrogen (secondary N) is 1. The first-order valence-corrected chi connectivity index (χ1v) is 7.27. The predicted molar refractivity (Wildman–Crippen MR) is 64.9 cm³/mol. The van der Waals surface area contributed by atoms with Crippen LogP contribution in [0.1, 0.15) is 45.4 Å². The highest BCUT2D eigenvalue weighted by molar-refractivity contribution is 7.99. The third-order valence-electron chi connectivity index (χ3n) is 3.79. The molecular weight excluding hydrogens is 190 g/mol. The Morgan fingerprint density at radius 1 is 1.29 bits per heavy atom. The molecule has 2 saturated heterocycles. The summed E-state index contributed by atoms with van der Waals surface area (Å²) < 4.78 is 0. The number of rotatable bonds is 2. The molecule has 2 heterocycles. The minimum absolute atomic E-state index is 0.477. The molecule has 1 atom stereocenters. The third-order valence-corrected chi connectivity index (χ3v) is 4.84. The van der Waals surface area contributed by atoms with Crippen LogP contribution in [0.3, 0.4) is 0 Å². The van der Waals surface area contributed by atoms with E-state index in [-0.39, 0.29) is 0 Å². The molecule has 14 heavy (non-hydrogen) atoms. The van der Waals surface area contributed by atoms with Gasteiger partial charge >= 0.3 is 0 Å². The van der Waals surface area contributed by atoms with Gasteiger partial charge in [0.05, 0.1) is 0 Å². The molecule has 1 N–H and O–H groups in total. The standard InChI is InChI=1S/C12H23NS/c1-12(6-2-3-7-13-12)10-11-4-8-14-9-5-11/h11,13H,2-10H2,1H3. The highest BCUT2D eigenvalue weighted by Gasteiger charge is 2.29. The normalized spacial score (nSPS) is 35.8. The molecule has 0 aromatic heterocycles. The maximum Gasteiger partial charge on any atom is 0.0156 e. The molecule has 2 aliphatic rings. The Balaban J connectivity index is 1.81. The van der Waals surface area contributed by atoms with Crippen LogP contribution in [0.5, 0.6) is 0 Å². The summed E-state index contributed by atoms with van der Waals surface area (Å²) in [6.07, 6.45) is 8.56. The molecule has 0 bridgehead atoms. The summed E-state index contributed by atoms with van der Waals surface area (Å²) in [6, 6.07) is 0. The Morgan fingerprint density at radius 3 is 2.71 bits per heavy atom. The van der Waals surface area contributed by atoms with Gasteiger partial charge in [0.2, 0.25) is 0 Å². The molecule has 2 fully saturated rings. The monoisotopic (exact) mass is 213 g/mol. The molecule has 0 saturated carbocycles. The van der Waals surface area contributed by atoms with Crippen molar-refractivity contribution in [3.63, 3.8) is 0 Å². The van der Waals surface area contributed by atoms with Gasteiger partial charge < -0.3 is 5.32 Å². The van der Waals surface area contributed by atoms with Crippen LogP contribution in [-0.4, -0.2) is 23.6 Å². The predicted octanol–water partition coefficient (Wildman–Crippen LogP) is 3.05. The van der Waals surface area contributed by atoms with Crippen molar-refractivity contribution in [3.8, 4) is 0 Å². The van der Waals surface area contributed by atoms with Crippen LogP contribution in [0, 0.1) is 5.92 Å². The Kier molecular flexibility index (Phi) is 3.78. The minimum Gasteiger partial charge on any atom is -0.312 e. The first-order chi connectivity index (χ1) is 6.79. The van der Waals surface area contributed by atoms with Crippen LogP contribution in [0.25, 0.3) is 0 Å². The van der Waals surface area contributed by atoms with E-state index in [9.17, 15) is 0 Å². The molecule has 0 radical (unpaired) electrons. The molecular formula is C12H23NS. The van der Waals surface area contributed by atoms with Crippen LogP contribution >= 0.6 is 11.8 Å². The fraction of sp³-hybridized carbons (Fsp3) is 1.00. The topological polar surface area (TPSA) is 12.0 Å². The van der Waals surface area contributed by atoms with Crippen LogP contribution in [0.2, 0.25) is 0 Å². The number of hydrogen-bond donors (Lipinski definition) is 1. The van der Waals surface area contributed by atoms with Crippen molar-refractivity contribution in [2.75, 3.05) is 18.1 Å². The van der Waals surface area contributed by atoms with E-state index in [0.29, 0.717) is 5.54 Å². The molecule has 0 amide bonds. The van der Waals surface area contributed by atoms with E-state index in [1.54, 1.807) is 0 Å². The highest BCUT2D eigenvalue weighted by Crippen LogP contribution is 2.33. The zero-order valence-electron chi connectivity index (χ0n) is 9.35. The van der Waals surface area contributed by atoms with Crippen molar-refractivity contribution < 1.29 is 0 Å². The average molecular weight is 213 g/mol. The first-order valence-electron chi connectivity index (χ1n) is 6.11. The summed E-state index contributed by atoms with van der Waals surface area (Å²) in [7, 11) is 0. The lowest BCUT2D eigenvalue weighted by Crippen LogP contribution is -2.47. The lowest BCUT2D eigenvalue weighted by atomic mass is 9.80. The van der Waals surface area contributed by atoms with E-state index in [1.165, 1.54) is 56.6 Å². The van der Waals surface area contributed by atoms with Gasteiger partial charge in [0, 0.05) is 5.54 Å². The number of thioether (sulfide) groups is 1. The smallest absolute Gasteiger partial charge is 0.0156 e. The molecule has 1 unspecified atom stereocenters. The van der Waals surface area contributed by atoms with Gasteiger partial charge in [-0.25, -0.2) is 0 Å². The summed E-state index contributed by atoms with van der Waals surface area (Å²) >= 11 is 2.14. The van der Waals surface area contributed by atoms with Crippen LogP contribution in [0.4, 0.5) is 0 Å². The Hall–Kier alpha value is 0.310. The van der Waals surface area contributed by atoms with E-state index < -0.39 is 0 Å². The van der Waals surface area contributed by atoms with E-state index in [0.717, 1.165) is 5.92 Å². The minimum atomic E-state index is 0.477. The summed E-state index contributed by atoms with van der Waals surface area (Å²) in [5, 5.41) is 3.74. The van der Waals surface area contributed by atoms with Crippen molar-refractivity contribution in [2.24, 2.45) is 5.92 Å². The second-order valence-electron chi connectivity index (χ2n) is 5.20. The van der Waals surface area contributed by atoms with E-state index in [2.05, 4.69) is 24.0 Å². The second-order valence-corrected chi connectivity index (χ2v) is 6.43. The van der Waals surface area contributed by atoms with Gasteiger partial charge in [-0.3, -0.25) is 0 Å². The number of hydrogen-bond acceptors (Lipinski definition) is 2. The van der Waals surface area contributed by atoms with Crippen molar-refractivity contribution >= 4 is 11.8 Å². The molecule has 2 heteroatoms. The maximum atomic E-state index is 3.74. The van der Waals surface area contributed by atoms with Crippen LogP contribution in [-0.2, 0) is 0 Å². The van der Waals surface area contributed by atoms with E-state index >= 15 is 0 Å². The SMILES string of the molecule is CC1(CC2CCSCC2)CCCCN1. The van der Waals surface area contributed by atoms with Crippen molar-refractivity contribution in [3.05, 3.63) is 0 Å². The quantitative estimate of drug-likeness (QED) is 0.756. The number of piperidine rings is 1. The van der Waals surface area contributed by atoms with Crippen LogP contribution in [0.15, 0.2) is 0 Å². The summed E-state index contributed by atoms with van der Waals surface area (Å²) in [5.41, 5.74) is 0.477. The summed E-state index contributed by atoms with van der Waals surface area (Å²) in [4.78, 5) is 0. The largest absolute Gasteiger partial charge is 0.312 e. The van der Waals surface area contributed by atoms with Gasteiger partial charge in [-0.15, -0.1) is 0 Å². The molecule has 1 nitrogen and oxygen atoms in total. The zero-order chi connectivity index (χ0) is 9.86. The fourth-order valence-electron chi connectivity index (χ4n) is 2.88. The Morgan fingerprint density at radius 2 is 2.07 bits per heavy atom. The Labute approximate surface area is 92.4 Å². The summed E-state index contributed by atoms with van der Waals surface area (Å²) in [6.45, 7) is 3.69. The molecule has 0 aliphatic carbocycles. The van der Waals surface area contributed by atoms with Gasteiger partial charge in [-0.05, 0) is 63.0 Å². The van der Waals surface area contributed by atoms with Crippen molar-refractivity contribution in [1.82, 2.24) is 5.32 Å². The first kappa shape index (κ1) is 10.8. The molecule has 0 aromatic carbocycles. The molecule has 0 spiro atoms. The van der Waals surface area contributed by atoms with Crippen LogP contribution < -0.4 is 5.32 Å². The van der Waals surface area contributed by atoms with Crippen molar-refractivity contribution in [1.29, 1.82) is 0 Å². The molecule has 2 aliphatic heterocycles. The average Bonchev–Trinajstić information content (AvgIpc) is 2.19. The Bertz CT molecular complexity index is 169. The highest BCUT2D eigenvalue weighted by atomic mass is 32.2. The van der Waals surface area contributed by atoms with Gasteiger partial charge in [0.25, 0.3) is 0 Å². The zero-order valence-corrected chi connectivity index (χ0v) is 10.2. The fourth-order valence-corrected chi connectivity index (χ4v) is 4.08. The van der Waals surface area contributed by atoms with Gasteiger partial charge in [0.15, 0.2) is 0 Å². The summed E-state index contributed by atoms with van der Waals surface area (Å²) in [5.74, 6) is 3.81. The lowest BCUT2D eigenvalue weighted by molar-refractivity contribution is 0.216. The van der Waals surface area contributed by atoms with E-state index in [1.807, 2.05) is 0 Å². The molecule has 82 valence electrons. The third kappa shape index (κ3) is 2.90.